The van der Waals surface area contributed by atoms with Crippen LogP contribution >= 0.6 is 23.2 Å². The van der Waals surface area contributed by atoms with Gasteiger partial charge >= 0.3 is 0 Å². The first-order valence-corrected chi connectivity index (χ1v) is 6.89. The van der Waals surface area contributed by atoms with Crippen LogP contribution in [0.15, 0.2) is 42.5 Å². The molecule has 0 spiro atoms. The maximum atomic E-state index is 13.6. The van der Waals surface area contributed by atoms with E-state index in [0.717, 1.165) is 11.1 Å². The Balaban J connectivity index is 2.09. The number of amides is 1. The van der Waals surface area contributed by atoms with Crippen molar-refractivity contribution in [2.24, 2.45) is 0 Å². The fraction of sp³-hybridized carbons (Fsp3) is 0.133. The van der Waals surface area contributed by atoms with Crippen LogP contribution in [0.3, 0.4) is 0 Å². The molecule has 0 aromatic heterocycles. The summed E-state index contributed by atoms with van der Waals surface area (Å²) in [4.78, 5) is 12.0. The van der Waals surface area contributed by atoms with E-state index in [4.69, 9.17) is 23.2 Å². The molecule has 5 heteroatoms. The van der Waals surface area contributed by atoms with E-state index in [-0.39, 0.29) is 17.1 Å². The number of nitrogens with one attached hydrogen (secondary N) is 1. The van der Waals surface area contributed by atoms with Crippen molar-refractivity contribution in [1.82, 2.24) is 5.32 Å². The number of carbonyl (C=O) groups excluding carboxylic acids is 1. The summed E-state index contributed by atoms with van der Waals surface area (Å²) in [6, 6.07) is 11.6. The molecule has 2 rings (SSSR count). The van der Waals surface area contributed by atoms with Crippen LogP contribution in [0.2, 0.25) is 5.02 Å². The van der Waals surface area contributed by atoms with Gasteiger partial charge in [-0.05, 0) is 23.3 Å². The van der Waals surface area contributed by atoms with E-state index in [2.05, 4.69) is 5.32 Å². The number of benzene rings is 2. The van der Waals surface area contributed by atoms with Crippen LogP contribution < -0.4 is 5.32 Å². The van der Waals surface area contributed by atoms with Crippen molar-refractivity contribution in [3.05, 3.63) is 70.0 Å². The summed E-state index contributed by atoms with van der Waals surface area (Å²) in [6.07, 6.45) is 0. The largest absolute Gasteiger partial charge is 0.348 e. The van der Waals surface area contributed by atoms with Gasteiger partial charge in [0.2, 0.25) is 0 Å². The van der Waals surface area contributed by atoms with Gasteiger partial charge in [-0.2, -0.15) is 0 Å². The number of rotatable bonds is 4. The molecule has 0 aliphatic heterocycles. The van der Waals surface area contributed by atoms with E-state index in [0.29, 0.717) is 5.88 Å². The average molecular weight is 312 g/mol. The molecule has 0 atom stereocenters. The van der Waals surface area contributed by atoms with Gasteiger partial charge in [0.05, 0.1) is 10.6 Å². The second-order valence-corrected chi connectivity index (χ2v) is 4.91. The molecule has 2 aromatic carbocycles. The van der Waals surface area contributed by atoms with Crippen molar-refractivity contribution in [3.63, 3.8) is 0 Å². The Hall–Kier alpha value is -1.58. The maximum Gasteiger partial charge on any atom is 0.256 e. The maximum absolute atomic E-state index is 13.6. The predicted molar refractivity (Wildman–Crippen MR) is 78.6 cm³/mol. The van der Waals surface area contributed by atoms with Gasteiger partial charge in [-0.15, -0.1) is 11.6 Å². The fourth-order valence-electron chi connectivity index (χ4n) is 1.81. The van der Waals surface area contributed by atoms with Crippen molar-refractivity contribution < 1.29 is 9.18 Å². The summed E-state index contributed by atoms with van der Waals surface area (Å²) in [6.45, 7) is 0.286. The van der Waals surface area contributed by atoms with Crippen LogP contribution in [0.5, 0.6) is 0 Å². The van der Waals surface area contributed by atoms with Crippen LogP contribution in [0.1, 0.15) is 21.5 Å². The Bertz CT molecular complexity index is 611. The van der Waals surface area contributed by atoms with Gasteiger partial charge in [-0.3, -0.25) is 4.79 Å². The molecule has 2 nitrogen and oxygen atoms in total. The van der Waals surface area contributed by atoms with E-state index in [9.17, 15) is 9.18 Å². The molecule has 104 valence electrons. The fourth-order valence-corrected chi connectivity index (χ4v) is 2.22. The zero-order valence-corrected chi connectivity index (χ0v) is 12.0. The van der Waals surface area contributed by atoms with Gasteiger partial charge in [0.25, 0.3) is 5.91 Å². The summed E-state index contributed by atoms with van der Waals surface area (Å²) in [5.41, 5.74) is 1.72. The SMILES string of the molecule is O=C(NCc1cccc(CCl)c1)c1c(F)cccc1Cl. The highest BCUT2D eigenvalue weighted by molar-refractivity contribution is 6.33. The minimum Gasteiger partial charge on any atom is -0.348 e. The molecule has 0 radical (unpaired) electrons. The molecular formula is C15H12Cl2FNO. The predicted octanol–water partition coefficient (Wildman–Crippen LogP) is 4.15. The number of hydrogen-bond acceptors (Lipinski definition) is 1. The molecule has 2 aromatic rings. The summed E-state index contributed by atoms with van der Waals surface area (Å²) in [7, 11) is 0. The topological polar surface area (TPSA) is 29.1 Å². The smallest absolute Gasteiger partial charge is 0.256 e. The van der Waals surface area contributed by atoms with E-state index >= 15 is 0 Å². The molecule has 0 aliphatic carbocycles. The van der Waals surface area contributed by atoms with Gasteiger partial charge in [-0.1, -0.05) is 41.9 Å². The van der Waals surface area contributed by atoms with E-state index in [1.54, 1.807) is 0 Å². The second-order valence-electron chi connectivity index (χ2n) is 4.23. The van der Waals surface area contributed by atoms with E-state index in [1.807, 2.05) is 24.3 Å². The minimum absolute atomic E-state index is 0.0945. The summed E-state index contributed by atoms with van der Waals surface area (Å²) < 4.78 is 13.6. The highest BCUT2D eigenvalue weighted by atomic mass is 35.5. The monoisotopic (exact) mass is 311 g/mol. The molecule has 1 N–H and O–H groups in total. The molecule has 0 heterocycles. The molecular weight excluding hydrogens is 300 g/mol. The number of hydrogen-bond donors (Lipinski definition) is 1. The third kappa shape index (κ3) is 3.50. The summed E-state index contributed by atoms with van der Waals surface area (Å²) in [5.74, 6) is -0.769. The van der Waals surface area contributed by atoms with Crippen molar-refractivity contribution in [2.45, 2.75) is 12.4 Å². The molecule has 0 unspecified atom stereocenters. The molecule has 0 bridgehead atoms. The zero-order chi connectivity index (χ0) is 14.5. The zero-order valence-electron chi connectivity index (χ0n) is 10.5. The van der Waals surface area contributed by atoms with E-state index < -0.39 is 11.7 Å². The van der Waals surface area contributed by atoms with Crippen molar-refractivity contribution >= 4 is 29.1 Å². The Morgan fingerprint density at radius 3 is 2.55 bits per heavy atom. The average Bonchev–Trinajstić information content (AvgIpc) is 2.45. The molecule has 20 heavy (non-hydrogen) atoms. The van der Waals surface area contributed by atoms with Crippen molar-refractivity contribution in [1.29, 1.82) is 0 Å². The summed E-state index contributed by atoms with van der Waals surface area (Å²) >= 11 is 11.6. The highest BCUT2D eigenvalue weighted by Gasteiger charge is 2.15. The Labute approximate surface area is 126 Å². The molecule has 0 saturated heterocycles. The van der Waals surface area contributed by atoms with Crippen molar-refractivity contribution in [3.8, 4) is 0 Å². The van der Waals surface area contributed by atoms with Gasteiger partial charge in [0.1, 0.15) is 5.82 Å². The lowest BCUT2D eigenvalue weighted by atomic mass is 10.1. The minimum atomic E-state index is -0.635. The van der Waals surface area contributed by atoms with Gasteiger partial charge in [-0.25, -0.2) is 4.39 Å². The van der Waals surface area contributed by atoms with Gasteiger partial charge < -0.3 is 5.32 Å². The molecule has 0 aliphatic rings. The third-order valence-corrected chi connectivity index (χ3v) is 3.41. The Morgan fingerprint density at radius 2 is 1.85 bits per heavy atom. The van der Waals surface area contributed by atoms with Crippen LogP contribution in [-0.2, 0) is 12.4 Å². The van der Waals surface area contributed by atoms with Gasteiger partial charge in [0, 0.05) is 12.4 Å². The standard InChI is InChI=1S/C15H12Cl2FNO/c16-8-10-3-1-4-11(7-10)9-19-15(20)14-12(17)5-2-6-13(14)18/h1-7H,8-9H2,(H,19,20). The molecule has 1 amide bonds. The number of halogens is 3. The third-order valence-electron chi connectivity index (χ3n) is 2.79. The van der Waals surface area contributed by atoms with Gasteiger partial charge in [0.15, 0.2) is 0 Å². The van der Waals surface area contributed by atoms with Crippen LogP contribution in [-0.4, -0.2) is 5.91 Å². The Kier molecular flexibility index (Phi) is 4.99. The van der Waals surface area contributed by atoms with Crippen LogP contribution in [0, 0.1) is 5.82 Å². The first-order chi connectivity index (χ1) is 9.61. The molecule has 0 fully saturated rings. The molecule has 0 saturated carbocycles. The lowest BCUT2D eigenvalue weighted by molar-refractivity contribution is 0.0947. The summed E-state index contributed by atoms with van der Waals surface area (Å²) in [5, 5.41) is 2.74. The lowest BCUT2D eigenvalue weighted by Crippen LogP contribution is -2.24. The van der Waals surface area contributed by atoms with E-state index in [1.165, 1.54) is 18.2 Å². The van der Waals surface area contributed by atoms with Crippen LogP contribution in [0.25, 0.3) is 0 Å². The quantitative estimate of drug-likeness (QED) is 0.844. The highest BCUT2D eigenvalue weighted by Crippen LogP contribution is 2.18. The number of alkyl halides is 1. The lowest BCUT2D eigenvalue weighted by Gasteiger charge is -2.08. The Morgan fingerprint density at radius 1 is 1.15 bits per heavy atom. The first kappa shape index (κ1) is 14.8. The first-order valence-electron chi connectivity index (χ1n) is 5.98. The normalized spacial score (nSPS) is 10.3. The number of carbonyl (C=O) groups is 1. The second kappa shape index (κ2) is 6.73. The van der Waals surface area contributed by atoms with Crippen molar-refractivity contribution in [2.75, 3.05) is 0 Å². The van der Waals surface area contributed by atoms with Crippen LogP contribution in [0.4, 0.5) is 4.39 Å².